The molecule has 4 fully saturated rings. The van der Waals surface area contributed by atoms with Crippen LogP contribution in [0.25, 0.3) is 0 Å². The van der Waals surface area contributed by atoms with Gasteiger partial charge in [0.2, 0.25) is 5.91 Å². The van der Waals surface area contributed by atoms with E-state index in [0.717, 1.165) is 70.6 Å². The molecule has 422 valence electrons. The maximum absolute atomic E-state index is 14.6. The summed E-state index contributed by atoms with van der Waals surface area (Å²) in [6, 6.07) is 12.1. The van der Waals surface area contributed by atoms with Crippen molar-refractivity contribution in [1.82, 2.24) is 41.6 Å². The molecule has 3 aliphatic heterocycles. The number of aliphatic hydroxyl groups excluding tert-OH is 1. The van der Waals surface area contributed by atoms with Gasteiger partial charge in [-0.1, -0.05) is 48.2 Å². The van der Waals surface area contributed by atoms with E-state index < -0.39 is 78.0 Å². The Morgan fingerprint density at radius 1 is 0.795 bits per heavy atom. The fourth-order valence-electron chi connectivity index (χ4n) is 9.32. The zero-order valence-electron chi connectivity index (χ0n) is 44.1. The number of hydrogen-bond donors (Lipinski definition) is 7. The lowest BCUT2D eigenvalue weighted by molar-refractivity contribution is -0.221. The minimum absolute atomic E-state index is 0.146. The number of nitrogens with one attached hydrogen (secondary N) is 6. The van der Waals surface area contributed by atoms with Gasteiger partial charge in [-0.05, 0) is 107 Å². The molecule has 1 aliphatic carbocycles. The van der Waals surface area contributed by atoms with Crippen molar-refractivity contribution in [2.45, 2.75) is 121 Å². The highest BCUT2D eigenvalue weighted by molar-refractivity contribution is 6.06. The third-order valence-corrected chi connectivity index (χ3v) is 14.8. The number of methoxy groups -OCH3 is 2. The molecule has 7 N–H and O–H groups in total. The number of carbonyl (C=O) groups excluding carboxylic acids is 4. The van der Waals surface area contributed by atoms with Gasteiger partial charge in [-0.3, -0.25) is 19.9 Å². The Labute approximate surface area is 448 Å². The average Bonchev–Trinajstić information content (AvgIpc) is 4.18. The van der Waals surface area contributed by atoms with Gasteiger partial charge in [0.25, 0.3) is 5.91 Å². The number of alkyl halides is 6. The summed E-state index contributed by atoms with van der Waals surface area (Å²) in [5.74, 6) is 4.26. The van der Waals surface area contributed by atoms with Crippen LogP contribution in [0, 0.1) is 28.1 Å². The third kappa shape index (κ3) is 14.4. The number of hydrazine groups is 1. The first kappa shape index (κ1) is 58.7. The van der Waals surface area contributed by atoms with Gasteiger partial charge in [-0.2, -0.15) is 26.3 Å². The number of halogens is 6. The van der Waals surface area contributed by atoms with E-state index in [9.17, 15) is 50.6 Å². The van der Waals surface area contributed by atoms with Crippen LogP contribution in [0.1, 0.15) is 74.8 Å². The second-order valence-corrected chi connectivity index (χ2v) is 21.1. The van der Waals surface area contributed by atoms with Gasteiger partial charge in [-0.15, -0.1) is 0 Å². The second kappa shape index (κ2) is 24.4. The fourth-order valence-corrected chi connectivity index (χ4v) is 9.32. The summed E-state index contributed by atoms with van der Waals surface area (Å²) < 4.78 is 102. The van der Waals surface area contributed by atoms with Crippen molar-refractivity contribution in [3.8, 4) is 11.8 Å². The Kier molecular flexibility index (Phi) is 18.4. The zero-order valence-corrected chi connectivity index (χ0v) is 44.1. The Morgan fingerprint density at radius 3 is 1.88 bits per heavy atom. The summed E-state index contributed by atoms with van der Waals surface area (Å²) in [6.45, 7) is 5.09. The van der Waals surface area contributed by atoms with E-state index >= 15 is 0 Å². The van der Waals surface area contributed by atoms with E-state index in [1.165, 1.54) is 0 Å². The molecule has 18 nitrogen and oxygen atoms in total. The van der Waals surface area contributed by atoms with E-state index in [2.05, 4.69) is 47.2 Å². The average molecular weight is 1100 g/mol. The van der Waals surface area contributed by atoms with Gasteiger partial charge in [0.15, 0.2) is 0 Å². The molecule has 1 saturated carbocycles. The predicted octanol–water partition coefficient (Wildman–Crippen LogP) is 5.32. The molecule has 2 aromatic carbocycles. The van der Waals surface area contributed by atoms with Crippen LogP contribution in [-0.4, -0.2) is 158 Å². The van der Waals surface area contributed by atoms with Crippen molar-refractivity contribution in [3.05, 3.63) is 107 Å². The summed E-state index contributed by atoms with van der Waals surface area (Å²) in [5, 5.41) is 31.2. The Balaban J connectivity index is 1.14. The number of aliphatic hydroxyl groups is 1. The lowest BCUT2D eigenvalue weighted by atomic mass is 9.82. The summed E-state index contributed by atoms with van der Waals surface area (Å²) in [7, 11) is 1.78. The smallest absolute Gasteiger partial charge is 0.407 e. The van der Waals surface area contributed by atoms with E-state index in [1.807, 2.05) is 22.8 Å². The Hall–Kier alpha value is -6.94. The molecule has 3 saturated heterocycles. The summed E-state index contributed by atoms with van der Waals surface area (Å²) >= 11 is 0. The number of rotatable bonds is 21. The number of allylic oxidation sites excluding steroid dienone is 1. The van der Waals surface area contributed by atoms with Crippen molar-refractivity contribution in [1.29, 1.82) is 5.41 Å². The van der Waals surface area contributed by atoms with Crippen LogP contribution in [0.5, 0.6) is 0 Å². The number of anilines is 1. The van der Waals surface area contributed by atoms with Crippen LogP contribution in [0.15, 0.2) is 79.1 Å². The fraction of sp³-hybridized carbons (Fsp3) is 0.519. The lowest BCUT2D eigenvalue weighted by Gasteiger charge is -2.42. The van der Waals surface area contributed by atoms with E-state index in [1.54, 1.807) is 67.0 Å². The van der Waals surface area contributed by atoms with Gasteiger partial charge >= 0.3 is 24.5 Å². The number of ether oxygens (including phenoxy) is 3. The second-order valence-electron chi connectivity index (χ2n) is 21.1. The number of hydrogen-bond acceptors (Lipinski definition) is 14. The molecule has 24 heteroatoms. The third-order valence-electron chi connectivity index (χ3n) is 14.8. The number of aromatic nitrogens is 1. The monoisotopic (exact) mass is 1100 g/mol. The topological polar surface area (TPSA) is 223 Å². The molecule has 4 amide bonds. The molecule has 7 rings (SSSR count). The first-order valence-electron chi connectivity index (χ1n) is 25.4. The molecule has 4 aliphatic rings. The largest absolute Gasteiger partial charge is 0.453 e. The number of carbonyl (C=O) groups is 4. The zero-order chi connectivity index (χ0) is 56.7. The van der Waals surface area contributed by atoms with Crippen LogP contribution in [0.2, 0.25) is 0 Å². The first-order valence-corrected chi connectivity index (χ1v) is 25.4. The summed E-state index contributed by atoms with van der Waals surface area (Å²) in [4.78, 5) is 62.5. The number of benzene rings is 2. The molecule has 3 aromatic rings. The number of pyridine rings is 1. The SMILES string of the molecule is COC(=O)N[C@H](C(=O)N[C@@H](Cc1ccc(C#Cc2ccc(N3C[C@H]4C[C@@H]3CN4C3COC3)nc2)cc1)[C@@H](O)CN(Cc1ccc(C(=N)/C=C\NC2CC2)cc1)NC(=O)[C@@H](NC(=O)OC)C(C)(C)C(F)(F)F)C(C)(C)C(F)(F)F. The Bertz CT molecular complexity index is 2710. The van der Waals surface area contributed by atoms with Crippen molar-refractivity contribution in [3.63, 3.8) is 0 Å². The van der Waals surface area contributed by atoms with Crippen LogP contribution < -0.4 is 31.6 Å². The van der Waals surface area contributed by atoms with Crippen molar-refractivity contribution >= 4 is 35.5 Å². The number of likely N-dealkylation sites (tertiary alicyclic amines) is 1. The van der Waals surface area contributed by atoms with E-state index in [0.29, 0.717) is 79.7 Å². The highest BCUT2D eigenvalue weighted by Crippen LogP contribution is 2.42. The number of alkyl carbamates (subject to hydrolysis) is 2. The molecule has 6 atom stereocenters. The highest BCUT2D eigenvalue weighted by atomic mass is 19.4. The van der Waals surface area contributed by atoms with Crippen molar-refractivity contribution in [2.75, 3.05) is 52.0 Å². The molecular weight excluding hydrogens is 1030 g/mol. The van der Waals surface area contributed by atoms with Gasteiger partial charge in [0.05, 0.1) is 62.2 Å². The molecule has 1 aromatic heterocycles. The van der Waals surface area contributed by atoms with E-state index in [4.69, 9.17) is 15.1 Å². The highest BCUT2D eigenvalue weighted by Gasteiger charge is 2.57. The minimum atomic E-state index is -5.07. The van der Waals surface area contributed by atoms with Gasteiger partial charge in [0, 0.05) is 61.6 Å². The number of nitrogens with zero attached hydrogens (tertiary/aromatic N) is 4. The van der Waals surface area contributed by atoms with Crippen molar-refractivity contribution in [2.24, 2.45) is 10.8 Å². The summed E-state index contributed by atoms with van der Waals surface area (Å²) in [6.07, 6.45) is -6.95. The molecule has 78 heavy (non-hydrogen) atoms. The first-order chi connectivity index (χ1) is 36.8. The molecule has 0 spiro atoms. The van der Waals surface area contributed by atoms with Crippen LogP contribution in [-0.2, 0) is 36.8 Å². The van der Waals surface area contributed by atoms with Crippen LogP contribution in [0.3, 0.4) is 0 Å². The molecular formula is C54H66F6N10O8. The lowest BCUT2D eigenvalue weighted by Crippen LogP contribution is -2.63. The minimum Gasteiger partial charge on any atom is -0.453 e. The molecule has 4 heterocycles. The summed E-state index contributed by atoms with van der Waals surface area (Å²) in [5.41, 5.74) is -0.813. The van der Waals surface area contributed by atoms with Gasteiger partial charge < -0.3 is 50.9 Å². The molecule has 0 unspecified atom stereocenters. The van der Waals surface area contributed by atoms with Gasteiger partial charge in [-0.25, -0.2) is 19.6 Å². The molecule has 2 bridgehead atoms. The number of piperazine rings is 1. The van der Waals surface area contributed by atoms with Gasteiger partial charge in [0.1, 0.15) is 17.9 Å². The predicted molar refractivity (Wildman–Crippen MR) is 275 cm³/mol. The normalized spacial score (nSPS) is 19.4. The Morgan fingerprint density at radius 2 is 1.37 bits per heavy atom. The van der Waals surface area contributed by atoms with Crippen LogP contribution in [0.4, 0.5) is 41.7 Å². The quantitative estimate of drug-likeness (QED) is 0.0311. The standard InChI is InChI=1S/C54H66F6N10O8/c1-51(2,53(55,56)57)45(65-49(74)76-5)47(72)64-42(23-33-10-7-32(8-11-33)9-12-34-15-20-44(63-25-34)70-28-38-24-39(70)27-69(38)40-30-78-31-40)43(71)29-68(67-48(73)46(66-50(75)77-6)52(3,4)54(58,59)60)26-35-13-16-36(17-14-35)41(61)21-22-62-37-18-19-37/h7-8,10-11,13-17,20-22,25,37-40,42-43,45-46,61-62,71H,18-19,23-24,26-31H2,1-6H3,(H,64,72)(H,65,74)(H,66,75)(H,67,73)/b22-21-,61-41?/t38-,39-,42+,43+,45-,46-/m1/s1. The van der Waals surface area contributed by atoms with E-state index in [-0.39, 0.29) is 18.7 Å². The van der Waals surface area contributed by atoms with Crippen molar-refractivity contribution < 1.29 is 64.8 Å². The number of amides is 4. The number of fused-ring (bicyclic) bond motifs is 2. The maximum Gasteiger partial charge on any atom is 0.407 e. The van der Waals surface area contributed by atoms with Crippen LogP contribution >= 0.6 is 0 Å². The molecule has 0 radical (unpaired) electrons. The maximum atomic E-state index is 14.6.